The van der Waals surface area contributed by atoms with Gasteiger partial charge in [-0.15, -0.1) is 0 Å². The SMILES string of the molecule is CCC(C)CNc1ccc(OC)c(O)c1. The van der Waals surface area contributed by atoms with Crippen molar-refractivity contribution >= 4 is 5.69 Å². The Kier molecular flexibility index (Phi) is 4.28. The van der Waals surface area contributed by atoms with E-state index in [-0.39, 0.29) is 5.75 Å². The van der Waals surface area contributed by atoms with Gasteiger partial charge in [-0.3, -0.25) is 0 Å². The molecule has 0 fully saturated rings. The zero-order chi connectivity index (χ0) is 11.3. The van der Waals surface area contributed by atoms with Crippen molar-refractivity contribution < 1.29 is 9.84 Å². The van der Waals surface area contributed by atoms with E-state index in [0.717, 1.165) is 18.7 Å². The summed E-state index contributed by atoms with van der Waals surface area (Å²) >= 11 is 0. The summed E-state index contributed by atoms with van der Waals surface area (Å²) in [7, 11) is 1.54. The Bertz CT molecular complexity index is 312. The zero-order valence-electron chi connectivity index (χ0n) is 9.58. The third-order valence-corrected chi connectivity index (χ3v) is 2.53. The van der Waals surface area contributed by atoms with Crippen molar-refractivity contribution in [3.8, 4) is 11.5 Å². The van der Waals surface area contributed by atoms with Gasteiger partial charge in [-0.05, 0) is 18.1 Å². The molecular weight excluding hydrogens is 190 g/mol. The monoisotopic (exact) mass is 209 g/mol. The summed E-state index contributed by atoms with van der Waals surface area (Å²) in [6, 6.07) is 5.34. The van der Waals surface area contributed by atoms with Crippen LogP contribution >= 0.6 is 0 Å². The number of nitrogens with one attached hydrogen (secondary N) is 1. The second kappa shape index (κ2) is 5.49. The maximum absolute atomic E-state index is 9.55. The molecule has 1 atom stereocenters. The Hall–Kier alpha value is -1.38. The van der Waals surface area contributed by atoms with Crippen molar-refractivity contribution in [2.75, 3.05) is 19.0 Å². The summed E-state index contributed by atoms with van der Waals surface area (Å²) in [5.74, 6) is 1.31. The van der Waals surface area contributed by atoms with Gasteiger partial charge in [-0.2, -0.15) is 0 Å². The molecule has 0 saturated heterocycles. The molecule has 0 radical (unpaired) electrons. The van der Waals surface area contributed by atoms with Gasteiger partial charge in [0, 0.05) is 18.3 Å². The lowest BCUT2D eigenvalue weighted by atomic mass is 10.1. The second-order valence-corrected chi connectivity index (χ2v) is 3.78. The van der Waals surface area contributed by atoms with Crippen LogP contribution < -0.4 is 10.1 Å². The minimum absolute atomic E-state index is 0.173. The molecule has 1 rings (SSSR count). The lowest BCUT2D eigenvalue weighted by Gasteiger charge is -2.12. The van der Waals surface area contributed by atoms with Crippen LogP contribution in [0.4, 0.5) is 5.69 Å². The average molecular weight is 209 g/mol. The highest BCUT2D eigenvalue weighted by Crippen LogP contribution is 2.28. The Morgan fingerprint density at radius 3 is 2.73 bits per heavy atom. The molecule has 1 aromatic carbocycles. The van der Waals surface area contributed by atoms with Crippen molar-refractivity contribution in [3.05, 3.63) is 18.2 Å². The van der Waals surface area contributed by atoms with Gasteiger partial charge in [0.2, 0.25) is 0 Å². The van der Waals surface area contributed by atoms with Crippen LogP contribution in [0.1, 0.15) is 20.3 Å². The average Bonchev–Trinajstić information content (AvgIpc) is 2.26. The Morgan fingerprint density at radius 1 is 1.47 bits per heavy atom. The van der Waals surface area contributed by atoms with Crippen molar-refractivity contribution in [1.29, 1.82) is 0 Å². The van der Waals surface area contributed by atoms with Crippen molar-refractivity contribution in [2.24, 2.45) is 5.92 Å². The number of anilines is 1. The van der Waals surface area contributed by atoms with Gasteiger partial charge in [0.1, 0.15) is 0 Å². The molecule has 0 saturated carbocycles. The molecule has 15 heavy (non-hydrogen) atoms. The fraction of sp³-hybridized carbons (Fsp3) is 0.500. The highest BCUT2D eigenvalue weighted by molar-refractivity contribution is 5.54. The van der Waals surface area contributed by atoms with E-state index in [0.29, 0.717) is 11.7 Å². The molecule has 0 aliphatic rings. The number of methoxy groups -OCH3 is 1. The van der Waals surface area contributed by atoms with Gasteiger partial charge in [-0.25, -0.2) is 0 Å². The van der Waals surface area contributed by atoms with Gasteiger partial charge in [-0.1, -0.05) is 20.3 Å². The predicted molar refractivity (Wildman–Crippen MR) is 62.6 cm³/mol. The Labute approximate surface area is 91.1 Å². The molecule has 0 amide bonds. The van der Waals surface area contributed by atoms with Gasteiger partial charge >= 0.3 is 0 Å². The van der Waals surface area contributed by atoms with Gasteiger partial charge in [0.15, 0.2) is 11.5 Å². The third kappa shape index (κ3) is 3.35. The first-order valence-corrected chi connectivity index (χ1v) is 5.28. The molecule has 0 heterocycles. The maximum atomic E-state index is 9.55. The highest BCUT2D eigenvalue weighted by atomic mass is 16.5. The van der Waals surface area contributed by atoms with Gasteiger partial charge in [0.25, 0.3) is 0 Å². The number of ether oxygens (including phenoxy) is 1. The quantitative estimate of drug-likeness (QED) is 0.783. The van der Waals surface area contributed by atoms with Crippen molar-refractivity contribution in [1.82, 2.24) is 0 Å². The predicted octanol–water partition coefficient (Wildman–Crippen LogP) is 2.86. The lowest BCUT2D eigenvalue weighted by Crippen LogP contribution is -2.09. The van der Waals surface area contributed by atoms with E-state index in [1.165, 1.54) is 0 Å². The summed E-state index contributed by atoms with van der Waals surface area (Å²) in [4.78, 5) is 0. The number of hydrogen-bond acceptors (Lipinski definition) is 3. The number of rotatable bonds is 5. The minimum atomic E-state index is 0.173. The van der Waals surface area contributed by atoms with E-state index >= 15 is 0 Å². The molecule has 3 heteroatoms. The van der Waals surface area contributed by atoms with Gasteiger partial charge < -0.3 is 15.2 Å². The van der Waals surface area contributed by atoms with E-state index in [2.05, 4.69) is 19.2 Å². The standard InChI is InChI=1S/C12H19NO2/c1-4-9(2)8-13-10-5-6-12(15-3)11(14)7-10/h5-7,9,13-14H,4,8H2,1-3H3. The van der Waals surface area contributed by atoms with Crippen LogP contribution in [0, 0.1) is 5.92 Å². The fourth-order valence-electron chi connectivity index (χ4n) is 1.24. The third-order valence-electron chi connectivity index (χ3n) is 2.53. The first-order chi connectivity index (χ1) is 7.17. The summed E-state index contributed by atoms with van der Waals surface area (Å²) in [6.45, 7) is 5.27. The molecule has 0 aromatic heterocycles. The molecular formula is C12H19NO2. The Balaban J connectivity index is 2.59. The molecule has 1 aromatic rings. The van der Waals surface area contributed by atoms with Crippen LogP contribution in [-0.4, -0.2) is 18.8 Å². The summed E-state index contributed by atoms with van der Waals surface area (Å²) in [6.07, 6.45) is 1.15. The first-order valence-electron chi connectivity index (χ1n) is 5.28. The molecule has 0 aliphatic heterocycles. The second-order valence-electron chi connectivity index (χ2n) is 3.78. The lowest BCUT2D eigenvalue weighted by molar-refractivity contribution is 0.373. The normalized spacial score (nSPS) is 12.2. The molecule has 3 nitrogen and oxygen atoms in total. The maximum Gasteiger partial charge on any atom is 0.160 e. The molecule has 84 valence electrons. The highest BCUT2D eigenvalue weighted by Gasteiger charge is 2.03. The molecule has 0 spiro atoms. The van der Waals surface area contributed by atoms with Crippen LogP contribution in [0.2, 0.25) is 0 Å². The topological polar surface area (TPSA) is 41.5 Å². The van der Waals surface area contributed by atoms with E-state index in [1.54, 1.807) is 19.2 Å². The Morgan fingerprint density at radius 2 is 2.20 bits per heavy atom. The molecule has 0 aliphatic carbocycles. The van der Waals surface area contributed by atoms with Crippen LogP contribution in [0.3, 0.4) is 0 Å². The van der Waals surface area contributed by atoms with E-state index in [9.17, 15) is 5.11 Å². The number of hydrogen-bond donors (Lipinski definition) is 2. The molecule has 2 N–H and O–H groups in total. The largest absolute Gasteiger partial charge is 0.504 e. The van der Waals surface area contributed by atoms with Crippen molar-refractivity contribution in [3.63, 3.8) is 0 Å². The first kappa shape index (κ1) is 11.7. The number of phenols is 1. The minimum Gasteiger partial charge on any atom is -0.504 e. The zero-order valence-corrected chi connectivity index (χ0v) is 9.58. The molecule has 1 unspecified atom stereocenters. The number of phenolic OH excluding ortho intramolecular Hbond substituents is 1. The van der Waals surface area contributed by atoms with E-state index in [4.69, 9.17) is 4.74 Å². The summed E-state index contributed by atoms with van der Waals surface area (Å²) < 4.78 is 4.97. The van der Waals surface area contributed by atoms with E-state index < -0.39 is 0 Å². The summed E-state index contributed by atoms with van der Waals surface area (Å²) in [5.41, 5.74) is 0.925. The van der Waals surface area contributed by atoms with Crippen LogP contribution in [0.25, 0.3) is 0 Å². The van der Waals surface area contributed by atoms with Crippen molar-refractivity contribution in [2.45, 2.75) is 20.3 Å². The summed E-state index contributed by atoms with van der Waals surface area (Å²) in [5, 5.41) is 12.8. The van der Waals surface area contributed by atoms with E-state index in [1.807, 2.05) is 6.07 Å². The number of aromatic hydroxyl groups is 1. The molecule has 0 bridgehead atoms. The van der Waals surface area contributed by atoms with Crippen LogP contribution in [-0.2, 0) is 0 Å². The fourth-order valence-corrected chi connectivity index (χ4v) is 1.24. The van der Waals surface area contributed by atoms with Crippen LogP contribution in [0.15, 0.2) is 18.2 Å². The smallest absolute Gasteiger partial charge is 0.160 e. The number of benzene rings is 1. The van der Waals surface area contributed by atoms with Crippen LogP contribution in [0.5, 0.6) is 11.5 Å². The van der Waals surface area contributed by atoms with Gasteiger partial charge in [0.05, 0.1) is 7.11 Å².